The number of rotatable bonds is 5. The lowest BCUT2D eigenvalue weighted by molar-refractivity contribution is 0.0691. The third kappa shape index (κ3) is 2.79. The maximum Gasteiger partial charge on any atom is 0.355 e. The average molecular weight is 240 g/mol. The zero-order valence-electron chi connectivity index (χ0n) is 8.60. The van der Waals surface area contributed by atoms with E-state index in [1.165, 1.54) is 18.2 Å². The number of hydrogen-bond donors (Lipinski definition) is 2. The van der Waals surface area contributed by atoms with Crippen LogP contribution in [0.2, 0.25) is 0 Å². The maximum atomic E-state index is 11.5. The maximum absolute atomic E-state index is 11.5. The molecule has 0 aromatic carbocycles. The van der Waals surface area contributed by atoms with Crippen LogP contribution >= 0.6 is 11.3 Å². The van der Waals surface area contributed by atoms with E-state index in [0.29, 0.717) is 6.54 Å². The van der Waals surface area contributed by atoms with Crippen molar-refractivity contribution >= 4 is 23.2 Å². The van der Waals surface area contributed by atoms with Crippen molar-refractivity contribution < 1.29 is 14.7 Å². The van der Waals surface area contributed by atoms with Gasteiger partial charge in [-0.15, -0.1) is 11.3 Å². The highest BCUT2D eigenvalue weighted by molar-refractivity contribution is 7.11. The zero-order chi connectivity index (χ0) is 11.5. The molecule has 6 heteroatoms. The molecule has 5 nitrogen and oxygen atoms in total. The van der Waals surface area contributed by atoms with Crippen molar-refractivity contribution in [3.63, 3.8) is 0 Å². The molecule has 0 radical (unpaired) electrons. The van der Waals surface area contributed by atoms with Crippen LogP contribution in [0.5, 0.6) is 0 Å². The molecule has 2 N–H and O–H groups in total. The van der Waals surface area contributed by atoms with Crippen LogP contribution in [0.1, 0.15) is 39.6 Å². The topological polar surface area (TPSA) is 79.3 Å². The number of thiazole rings is 1. The third-order valence-corrected chi connectivity index (χ3v) is 3.29. The molecule has 1 aromatic heterocycles. The molecule has 0 saturated heterocycles. The summed E-state index contributed by atoms with van der Waals surface area (Å²) in [6.45, 7) is 0.644. The van der Waals surface area contributed by atoms with E-state index in [1.54, 1.807) is 0 Å². The van der Waals surface area contributed by atoms with E-state index in [4.69, 9.17) is 5.11 Å². The molecule has 0 atom stereocenters. The molecule has 0 bridgehead atoms. The van der Waals surface area contributed by atoms with Crippen LogP contribution in [-0.2, 0) is 0 Å². The highest BCUT2D eigenvalue weighted by Crippen LogP contribution is 2.31. The molecule has 1 saturated carbocycles. The molecule has 1 aromatic rings. The van der Waals surface area contributed by atoms with E-state index in [1.807, 2.05) is 0 Å². The lowest BCUT2D eigenvalue weighted by Crippen LogP contribution is -2.24. The number of nitrogens with one attached hydrogen (secondary N) is 1. The fraction of sp³-hybridized carbons (Fsp3) is 0.500. The normalized spacial score (nSPS) is 14.8. The summed E-state index contributed by atoms with van der Waals surface area (Å²) < 4.78 is 0. The lowest BCUT2D eigenvalue weighted by Gasteiger charge is -2.00. The standard InChI is InChI=1S/C10H12N2O3S/c13-8(11-4-3-6-1-2-6)9-12-7(5-16-9)10(14)15/h5-6H,1-4H2,(H,11,13)(H,14,15). The smallest absolute Gasteiger partial charge is 0.355 e. The number of hydrogen-bond acceptors (Lipinski definition) is 4. The molecule has 0 aliphatic heterocycles. The Morgan fingerprint density at radius 2 is 2.31 bits per heavy atom. The van der Waals surface area contributed by atoms with Crippen LogP contribution in [0, 0.1) is 5.92 Å². The molecule has 0 spiro atoms. The van der Waals surface area contributed by atoms with Gasteiger partial charge in [0, 0.05) is 11.9 Å². The number of aromatic nitrogens is 1. The molecule has 1 fully saturated rings. The Morgan fingerprint density at radius 3 is 2.88 bits per heavy atom. The van der Waals surface area contributed by atoms with Crippen molar-refractivity contribution in [1.29, 1.82) is 0 Å². The van der Waals surface area contributed by atoms with Crippen LogP contribution in [0.3, 0.4) is 0 Å². The Bertz CT molecular complexity index is 412. The Balaban J connectivity index is 1.84. The van der Waals surface area contributed by atoms with Crippen molar-refractivity contribution in [2.75, 3.05) is 6.54 Å². The highest BCUT2D eigenvalue weighted by Gasteiger charge is 2.21. The molecule has 2 rings (SSSR count). The van der Waals surface area contributed by atoms with Crippen LogP contribution in [0.15, 0.2) is 5.38 Å². The largest absolute Gasteiger partial charge is 0.476 e. The molecule has 86 valence electrons. The lowest BCUT2D eigenvalue weighted by atomic mass is 10.3. The van der Waals surface area contributed by atoms with Crippen molar-refractivity contribution in [3.05, 3.63) is 16.1 Å². The molecule has 1 aliphatic rings. The van der Waals surface area contributed by atoms with Crippen molar-refractivity contribution in [2.24, 2.45) is 5.92 Å². The summed E-state index contributed by atoms with van der Waals surface area (Å²) in [5.41, 5.74) is -0.0719. The van der Waals surface area contributed by atoms with Gasteiger partial charge < -0.3 is 10.4 Å². The van der Waals surface area contributed by atoms with Gasteiger partial charge >= 0.3 is 5.97 Å². The second-order valence-electron chi connectivity index (χ2n) is 3.83. The summed E-state index contributed by atoms with van der Waals surface area (Å²) in [5.74, 6) is -0.613. The second-order valence-corrected chi connectivity index (χ2v) is 4.69. The highest BCUT2D eigenvalue weighted by atomic mass is 32.1. The van der Waals surface area contributed by atoms with Gasteiger partial charge in [0.2, 0.25) is 0 Å². The Labute approximate surface area is 96.5 Å². The van der Waals surface area contributed by atoms with Gasteiger partial charge in [-0.2, -0.15) is 0 Å². The second kappa shape index (κ2) is 4.61. The molecule has 16 heavy (non-hydrogen) atoms. The summed E-state index contributed by atoms with van der Waals surface area (Å²) in [6, 6.07) is 0. The molecular weight excluding hydrogens is 228 g/mol. The monoisotopic (exact) mass is 240 g/mol. The summed E-state index contributed by atoms with van der Waals surface area (Å²) in [5, 5.41) is 13.0. The summed E-state index contributed by atoms with van der Waals surface area (Å²) >= 11 is 1.06. The van der Waals surface area contributed by atoms with Gasteiger partial charge in [-0.25, -0.2) is 9.78 Å². The molecule has 0 unspecified atom stereocenters. The Hall–Kier alpha value is -1.43. The van der Waals surface area contributed by atoms with Gasteiger partial charge in [-0.3, -0.25) is 4.79 Å². The van der Waals surface area contributed by atoms with Gasteiger partial charge in [0.05, 0.1) is 0 Å². The fourth-order valence-corrected chi connectivity index (χ4v) is 2.06. The number of carboxylic acids is 1. The first kappa shape index (κ1) is 11.1. The van der Waals surface area contributed by atoms with Crippen LogP contribution < -0.4 is 5.32 Å². The summed E-state index contributed by atoms with van der Waals surface area (Å²) in [7, 11) is 0. The van der Waals surface area contributed by atoms with Crippen LogP contribution in [0.4, 0.5) is 0 Å². The van der Waals surface area contributed by atoms with E-state index in [-0.39, 0.29) is 16.6 Å². The number of aromatic carboxylic acids is 1. The Kier molecular flexibility index (Phi) is 3.19. The van der Waals surface area contributed by atoms with Gasteiger partial charge in [-0.1, -0.05) is 12.8 Å². The SMILES string of the molecule is O=C(O)c1csc(C(=O)NCCC2CC2)n1. The van der Waals surface area contributed by atoms with Gasteiger partial charge in [0.25, 0.3) is 5.91 Å². The molecule has 1 amide bonds. The van der Waals surface area contributed by atoms with E-state index >= 15 is 0 Å². The number of amides is 1. The quantitative estimate of drug-likeness (QED) is 0.814. The van der Waals surface area contributed by atoms with Crippen molar-refractivity contribution in [2.45, 2.75) is 19.3 Å². The van der Waals surface area contributed by atoms with Crippen molar-refractivity contribution in [3.8, 4) is 0 Å². The predicted molar refractivity (Wildman–Crippen MR) is 58.7 cm³/mol. The minimum absolute atomic E-state index is 0.0719. The van der Waals surface area contributed by atoms with Gasteiger partial charge in [0.15, 0.2) is 10.7 Å². The summed E-state index contributed by atoms with van der Waals surface area (Å²) in [6.07, 6.45) is 3.52. The first-order chi connectivity index (χ1) is 7.66. The number of carboxylic acid groups (broad SMARTS) is 1. The van der Waals surface area contributed by atoms with Gasteiger partial charge in [0.1, 0.15) is 0 Å². The minimum Gasteiger partial charge on any atom is -0.476 e. The number of carbonyl (C=O) groups excluding carboxylic acids is 1. The van der Waals surface area contributed by atoms with Crippen LogP contribution in [-0.4, -0.2) is 28.5 Å². The third-order valence-electron chi connectivity index (χ3n) is 2.45. The first-order valence-electron chi connectivity index (χ1n) is 5.14. The van der Waals surface area contributed by atoms with Crippen LogP contribution in [0.25, 0.3) is 0 Å². The summed E-state index contributed by atoms with van der Waals surface area (Å²) in [4.78, 5) is 25.8. The first-order valence-corrected chi connectivity index (χ1v) is 6.02. The van der Waals surface area contributed by atoms with E-state index in [2.05, 4.69) is 10.3 Å². The van der Waals surface area contributed by atoms with E-state index < -0.39 is 5.97 Å². The molecular formula is C10H12N2O3S. The fourth-order valence-electron chi connectivity index (χ4n) is 1.35. The minimum atomic E-state index is -1.10. The van der Waals surface area contributed by atoms with E-state index in [9.17, 15) is 9.59 Å². The van der Waals surface area contributed by atoms with Gasteiger partial charge in [-0.05, 0) is 12.3 Å². The zero-order valence-corrected chi connectivity index (χ0v) is 9.42. The number of carbonyl (C=O) groups is 2. The number of nitrogens with zero attached hydrogens (tertiary/aromatic N) is 1. The molecule has 1 aliphatic carbocycles. The average Bonchev–Trinajstić information content (AvgIpc) is 2.93. The Morgan fingerprint density at radius 1 is 1.56 bits per heavy atom. The van der Waals surface area contributed by atoms with E-state index in [0.717, 1.165) is 23.7 Å². The molecule has 1 heterocycles. The predicted octanol–water partition coefficient (Wildman–Crippen LogP) is 1.37. The van der Waals surface area contributed by atoms with Crippen molar-refractivity contribution in [1.82, 2.24) is 10.3 Å².